The van der Waals surface area contributed by atoms with E-state index in [0.717, 1.165) is 14.7 Å². The molecule has 11 heteroatoms. The number of aromatic nitrogens is 4. The largest absolute Gasteiger partial charge is 0.468 e. The molecule has 0 aliphatic carbocycles. The fourth-order valence-corrected chi connectivity index (χ4v) is 3.45. The van der Waals surface area contributed by atoms with Crippen molar-refractivity contribution in [1.82, 2.24) is 19.3 Å². The molecule has 0 amide bonds. The third-order valence-electron chi connectivity index (χ3n) is 5.03. The molecule has 0 fully saturated rings. The van der Waals surface area contributed by atoms with Crippen molar-refractivity contribution in [3.8, 4) is 22.9 Å². The zero-order valence-electron chi connectivity index (χ0n) is 16.8. The van der Waals surface area contributed by atoms with Gasteiger partial charge in [-0.3, -0.25) is 18.7 Å². The molecular weight excluding hydrogens is 420 g/mol. The molecule has 2 aromatic heterocycles. The number of benzene rings is 2. The highest BCUT2D eigenvalue weighted by Gasteiger charge is 2.22. The molecule has 5 rings (SSSR count). The first-order valence-corrected chi connectivity index (χ1v) is 9.57. The van der Waals surface area contributed by atoms with Gasteiger partial charge in [0.1, 0.15) is 13.1 Å². The Balaban J connectivity index is 1.64. The Hall–Kier alpha value is -4.41. The Bertz CT molecular complexity index is 1450. The number of methoxy groups -OCH3 is 1. The zero-order chi connectivity index (χ0) is 22.2. The predicted molar refractivity (Wildman–Crippen MR) is 109 cm³/mol. The van der Waals surface area contributed by atoms with Gasteiger partial charge >= 0.3 is 11.7 Å². The molecule has 0 spiro atoms. The molecule has 32 heavy (non-hydrogen) atoms. The van der Waals surface area contributed by atoms with Gasteiger partial charge in [-0.2, -0.15) is 4.98 Å². The van der Waals surface area contributed by atoms with E-state index in [1.54, 1.807) is 0 Å². The van der Waals surface area contributed by atoms with Crippen LogP contribution in [0.4, 0.5) is 0 Å². The third-order valence-corrected chi connectivity index (χ3v) is 5.03. The van der Waals surface area contributed by atoms with Crippen LogP contribution < -0.4 is 20.7 Å². The fourth-order valence-electron chi connectivity index (χ4n) is 3.45. The Labute approximate surface area is 179 Å². The van der Waals surface area contributed by atoms with Crippen molar-refractivity contribution in [2.75, 3.05) is 13.9 Å². The summed E-state index contributed by atoms with van der Waals surface area (Å²) in [5, 5.41) is 4.08. The molecule has 1 aliphatic rings. The van der Waals surface area contributed by atoms with Crippen LogP contribution in [0.3, 0.4) is 0 Å². The molecule has 0 N–H and O–H groups in total. The smallest absolute Gasteiger partial charge is 0.332 e. The van der Waals surface area contributed by atoms with Crippen molar-refractivity contribution in [3.63, 3.8) is 0 Å². The van der Waals surface area contributed by atoms with E-state index in [0.29, 0.717) is 17.3 Å². The minimum Gasteiger partial charge on any atom is -0.468 e. The quantitative estimate of drug-likeness (QED) is 0.423. The molecule has 1 aliphatic heterocycles. The van der Waals surface area contributed by atoms with Gasteiger partial charge in [0.2, 0.25) is 18.5 Å². The van der Waals surface area contributed by atoms with Gasteiger partial charge in [0.05, 0.1) is 18.0 Å². The Morgan fingerprint density at radius 3 is 2.59 bits per heavy atom. The molecule has 162 valence electrons. The van der Waals surface area contributed by atoms with E-state index in [1.165, 1.54) is 19.2 Å². The highest BCUT2D eigenvalue weighted by atomic mass is 16.7. The fraction of sp³-hybridized carbons (Fsp3) is 0.190. The van der Waals surface area contributed by atoms with Crippen LogP contribution in [0.5, 0.6) is 11.5 Å². The van der Waals surface area contributed by atoms with Crippen LogP contribution in [0.2, 0.25) is 0 Å². The highest BCUT2D eigenvalue weighted by Crippen LogP contribution is 2.34. The first-order valence-electron chi connectivity index (χ1n) is 9.57. The molecule has 0 unspecified atom stereocenters. The van der Waals surface area contributed by atoms with E-state index in [-0.39, 0.29) is 30.1 Å². The predicted octanol–water partition coefficient (Wildman–Crippen LogP) is 1.16. The number of esters is 1. The summed E-state index contributed by atoms with van der Waals surface area (Å²) in [6, 6.07) is 12.1. The summed E-state index contributed by atoms with van der Waals surface area (Å²) in [4.78, 5) is 42.6. The number of hydrogen-bond donors (Lipinski definition) is 0. The lowest BCUT2D eigenvalue weighted by atomic mass is 10.2. The lowest BCUT2D eigenvalue weighted by Crippen LogP contribution is -2.41. The minimum absolute atomic E-state index is 0.00860. The van der Waals surface area contributed by atoms with Crippen molar-refractivity contribution in [2.24, 2.45) is 0 Å². The highest BCUT2D eigenvalue weighted by molar-refractivity contribution is 5.84. The zero-order valence-corrected chi connectivity index (χ0v) is 16.8. The summed E-state index contributed by atoms with van der Waals surface area (Å²) < 4.78 is 22.7. The van der Waals surface area contributed by atoms with Crippen molar-refractivity contribution in [2.45, 2.75) is 13.1 Å². The van der Waals surface area contributed by atoms with Gasteiger partial charge in [-0.05, 0) is 6.07 Å². The summed E-state index contributed by atoms with van der Waals surface area (Å²) in [6.45, 7) is -0.681. The number of ether oxygens (including phenoxy) is 3. The normalized spacial score (nSPS) is 12.3. The number of hydrogen-bond acceptors (Lipinski definition) is 9. The SMILES string of the molecule is COC(=O)Cn1c(=O)n(Cc2nc(-c3ccccc3)no2)c(=O)c2cc3c(cc21)OCO3. The standard InChI is InChI=1S/C21H16N4O7/c1-29-18(26)10-24-14-8-16-15(30-11-31-16)7-13(14)20(27)25(21(24)28)9-17-22-19(23-32-17)12-5-3-2-4-6-12/h2-8H,9-11H2,1H3. The van der Waals surface area contributed by atoms with Gasteiger partial charge in [-0.15, -0.1) is 0 Å². The molecule has 0 bridgehead atoms. The van der Waals surface area contributed by atoms with Gasteiger partial charge in [0.25, 0.3) is 5.56 Å². The maximum absolute atomic E-state index is 13.2. The summed E-state index contributed by atoms with van der Waals surface area (Å²) in [5.41, 5.74) is -0.374. The monoisotopic (exact) mass is 436 g/mol. The van der Waals surface area contributed by atoms with E-state index in [4.69, 9.17) is 18.7 Å². The molecular formula is C21H16N4O7. The second-order valence-electron chi connectivity index (χ2n) is 6.94. The number of nitrogens with zero attached hydrogens (tertiary/aromatic N) is 4. The summed E-state index contributed by atoms with van der Waals surface area (Å²) in [5.74, 6) is 0.478. The molecule has 0 saturated heterocycles. The Morgan fingerprint density at radius 1 is 1.09 bits per heavy atom. The lowest BCUT2D eigenvalue weighted by Gasteiger charge is -2.13. The summed E-state index contributed by atoms with van der Waals surface area (Å²) >= 11 is 0. The molecule has 11 nitrogen and oxygen atoms in total. The lowest BCUT2D eigenvalue weighted by molar-refractivity contribution is -0.141. The van der Waals surface area contributed by atoms with Gasteiger partial charge in [0.15, 0.2) is 11.5 Å². The van der Waals surface area contributed by atoms with Crippen molar-refractivity contribution in [1.29, 1.82) is 0 Å². The Kier molecular flexibility index (Phi) is 4.70. The molecule has 4 aromatic rings. The summed E-state index contributed by atoms with van der Waals surface area (Å²) in [6.07, 6.45) is 0. The molecule has 2 aromatic carbocycles. The minimum atomic E-state index is -0.730. The van der Waals surface area contributed by atoms with Crippen LogP contribution in [0, 0.1) is 0 Å². The first-order chi connectivity index (χ1) is 15.5. The third kappa shape index (κ3) is 3.29. The van der Waals surface area contributed by atoms with Gasteiger partial charge in [0, 0.05) is 11.6 Å². The molecule has 0 radical (unpaired) electrons. The second kappa shape index (κ2) is 7.69. The number of fused-ring (bicyclic) bond motifs is 2. The van der Waals surface area contributed by atoms with Crippen molar-refractivity contribution in [3.05, 3.63) is 69.2 Å². The van der Waals surface area contributed by atoms with E-state index >= 15 is 0 Å². The van der Waals surface area contributed by atoms with E-state index in [1.807, 2.05) is 30.3 Å². The van der Waals surface area contributed by atoms with Crippen molar-refractivity contribution >= 4 is 16.9 Å². The van der Waals surface area contributed by atoms with Crippen LogP contribution >= 0.6 is 0 Å². The van der Waals surface area contributed by atoms with Crippen LogP contribution in [-0.4, -0.2) is 39.1 Å². The van der Waals surface area contributed by atoms with Gasteiger partial charge in [-0.25, -0.2) is 4.79 Å². The van der Waals surface area contributed by atoms with Gasteiger partial charge in [-0.1, -0.05) is 35.5 Å². The number of rotatable bonds is 5. The van der Waals surface area contributed by atoms with Crippen LogP contribution in [0.1, 0.15) is 5.89 Å². The van der Waals surface area contributed by atoms with E-state index < -0.39 is 23.8 Å². The van der Waals surface area contributed by atoms with Crippen LogP contribution in [0.25, 0.3) is 22.3 Å². The van der Waals surface area contributed by atoms with Crippen LogP contribution in [-0.2, 0) is 22.6 Å². The number of carbonyl (C=O) groups excluding carboxylic acids is 1. The second-order valence-corrected chi connectivity index (χ2v) is 6.94. The Morgan fingerprint density at radius 2 is 1.84 bits per heavy atom. The molecule has 0 saturated carbocycles. The summed E-state index contributed by atoms with van der Waals surface area (Å²) in [7, 11) is 1.21. The average Bonchev–Trinajstić information content (AvgIpc) is 3.48. The maximum atomic E-state index is 13.2. The molecule has 3 heterocycles. The van der Waals surface area contributed by atoms with Crippen LogP contribution in [0.15, 0.2) is 56.6 Å². The van der Waals surface area contributed by atoms with E-state index in [9.17, 15) is 14.4 Å². The average molecular weight is 436 g/mol. The molecule has 0 atom stereocenters. The first kappa shape index (κ1) is 19.5. The topological polar surface area (TPSA) is 128 Å². The van der Waals surface area contributed by atoms with Crippen molar-refractivity contribution < 1.29 is 23.5 Å². The van der Waals surface area contributed by atoms with Gasteiger partial charge < -0.3 is 18.7 Å². The maximum Gasteiger partial charge on any atom is 0.332 e. The van der Waals surface area contributed by atoms with E-state index in [2.05, 4.69) is 10.1 Å². The number of carbonyl (C=O) groups is 1.